The Morgan fingerprint density at radius 2 is 1.50 bits per heavy atom. The monoisotopic (exact) mass is 383 g/mol. The summed E-state index contributed by atoms with van der Waals surface area (Å²) in [4.78, 5) is 24.6. The molecule has 3 aromatic carbocycles. The Labute approximate surface area is 161 Å². The van der Waals surface area contributed by atoms with Crippen LogP contribution in [-0.2, 0) is 4.79 Å². The molecule has 1 amide bonds. The molecule has 0 saturated carbocycles. The third-order valence-electron chi connectivity index (χ3n) is 3.88. The van der Waals surface area contributed by atoms with Crippen LogP contribution in [0.5, 0.6) is 0 Å². The Morgan fingerprint density at radius 1 is 0.846 bits per heavy atom. The number of amides is 1. The van der Waals surface area contributed by atoms with Crippen molar-refractivity contribution in [3.05, 3.63) is 87.9 Å². The summed E-state index contributed by atoms with van der Waals surface area (Å²) in [5, 5.41) is 3.38. The van der Waals surface area contributed by atoms with Crippen LogP contribution in [0.15, 0.2) is 66.7 Å². The Hall–Kier alpha value is -2.62. The molecule has 0 bridgehead atoms. The number of rotatable bonds is 4. The lowest BCUT2D eigenvalue weighted by Gasteiger charge is -2.16. The SMILES string of the molecule is CC(=O)Nc1ccc(Cl)c(Cl)c1-c1ccccc1C(=O)c1ccccc1. The summed E-state index contributed by atoms with van der Waals surface area (Å²) in [6.45, 7) is 1.41. The molecule has 3 rings (SSSR count). The molecule has 0 radical (unpaired) electrons. The first-order chi connectivity index (χ1) is 12.5. The van der Waals surface area contributed by atoms with Gasteiger partial charge in [0.2, 0.25) is 5.91 Å². The molecule has 0 saturated heterocycles. The highest BCUT2D eigenvalue weighted by molar-refractivity contribution is 6.44. The maximum absolute atomic E-state index is 13.0. The van der Waals surface area contributed by atoms with Gasteiger partial charge in [-0.25, -0.2) is 0 Å². The fourth-order valence-corrected chi connectivity index (χ4v) is 3.18. The van der Waals surface area contributed by atoms with Crippen molar-refractivity contribution >= 4 is 40.6 Å². The lowest BCUT2D eigenvalue weighted by Crippen LogP contribution is -2.09. The zero-order chi connectivity index (χ0) is 18.7. The van der Waals surface area contributed by atoms with E-state index in [4.69, 9.17) is 23.2 Å². The van der Waals surface area contributed by atoms with Gasteiger partial charge in [-0.2, -0.15) is 0 Å². The maximum Gasteiger partial charge on any atom is 0.221 e. The van der Waals surface area contributed by atoms with Crippen LogP contribution < -0.4 is 5.32 Å². The third kappa shape index (κ3) is 3.64. The van der Waals surface area contributed by atoms with Crippen LogP contribution in [0.3, 0.4) is 0 Å². The average molecular weight is 384 g/mol. The normalized spacial score (nSPS) is 10.4. The average Bonchev–Trinajstić information content (AvgIpc) is 2.65. The van der Waals surface area contributed by atoms with Gasteiger partial charge in [-0.05, 0) is 17.7 Å². The lowest BCUT2D eigenvalue weighted by atomic mass is 9.93. The summed E-state index contributed by atoms with van der Waals surface area (Å²) in [5.41, 5.74) is 2.68. The predicted octanol–water partition coefficient (Wildman–Crippen LogP) is 5.85. The second kappa shape index (κ2) is 7.73. The summed E-state index contributed by atoms with van der Waals surface area (Å²) >= 11 is 12.6. The van der Waals surface area contributed by atoms with E-state index in [-0.39, 0.29) is 16.7 Å². The van der Waals surface area contributed by atoms with E-state index in [0.29, 0.717) is 33.0 Å². The van der Waals surface area contributed by atoms with Crippen LogP contribution >= 0.6 is 23.2 Å². The van der Waals surface area contributed by atoms with Gasteiger partial charge >= 0.3 is 0 Å². The molecule has 0 aliphatic carbocycles. The quantitative estimate of drug-likeness (QED) is 0.574. The number of hydrogen-bond acceptors (Lipinski definition) is 2. The highest BCUT2D eigenvalue weighted by Gasteiger charge is 2.20. The van der Waals surface area contributed by atoms with Crippen LogP contribution in [0.2, 0.25) is 10.0 Å². The van der Waals surface area contributed by atoms with Crippen molar-refractivity contribution in [3.8, 4) is 11.1 Å². The molecule has 0 atom stereocenters. The Balaban J connectivity index is 2.22. The van der Waals surface area contributed by atoms with Gasteiger partial charge in [-0.15, -0.1) is 0 Å². The molecule has 0 unspecified atom stereocenters. The number of benzene rings is 3. The predicted molar refractivity (Wildman–Crippen MR) is 106 cm³/mol. The molecule has 5 heteroatoms. The van der Waals surface area contributed by atoms with E-state index in [0.717, 1.165) is 0 Å². The first-order valence-electron chi connectivity index (χ1n) is 7.93. The van der Waals surface area contributed by atoms with Crippen molar-refractivity contribution in [1.29, 1.82) is 0 Å². The summed E-state index contributed by atoms with van der Waals surface area (Å²) in [7, 11) is 0. The second-order valence-corrected chi connectivity index (χ2v) is 6.49. The van der Waals surface area contributed by atoms with Crippen LogP contribution in [0, 0.1) is 0 Å². The first kappa shape index (κ1) is 18.2. The van der Waals surface area contributed by atoms with Crippen LogP contribution in [0.4, 0.5) is 5.69 Å². The number of carbonyl (C=O) groups is 2. The van der Waals surface area contributed by atoms with Crippen molar-refractivity contribution in [1.82, 2.24) is 0 Å². The van der Waals surface area contributed by atoms with E-state index in [1.807, 2.05) is 24.3 Å². The number of anilines is 1. The van der Waals surface area contributed by atoms with Crippen LogP contribution in [-0.4, -0.2) is 11.7 Å². The van der Waals surface area contributed by atoms with Gasteiger partial charge in [0.25, 0.3) is 0 Å². The minimum Gasteiger partial charge on any atom is -0.326 e. The Bertz CT molecular complexity index is 985. The molecule has 0 aromatic heterocycles. The first-order valence-corrected chi connectivity index (χ1v) is 8.69. The molecule has 0 fully saturated rings. The molecule has 1 N–H and O–H groups in total. The second-order valence-electron chi connectivity index (χ2n) is 5.71. The van der Waals surface area contributed by atoms with Gasteiger partial charge in [-0.1, -0.05) is 77.8 Å². The molecule has 3 nitrogen and oxygen atoms in total. The van der Waals surface area contributed by atoms with E-state index in [2.05, 4.69) is 5.32 Å². The zero-order valence-electron chi connectivity index (χ0n) is 13.9. The molecule has 0 heterocycles. The van der Waals surface area contributed by atoms with Gasteiger partial charge in [0.05, 0.1) is 15.7 Å². The van der Waals surface area contributed by atoms with Gasteiger partial charge in [-0.3, -0.25) is 9.59 Å². The number of halogens is 2. The lowest BCUT2D eigenvalue weighted by molar-refractivity contribution is -0.114. The molecule has 130 valence electrons. The molecular weight excluding hydrogens is 369 g/mol. The van der Waals surface area contributed by atoms with E-state index < -0.39 is 0 Å². The molecule has 0 spiro atoms. The van der Waals surface area contributed by atoms with Crippen molar-refractivity contribution in [3.63, 3.8) is 0 Å². The summed E-state index contributed by atoms with van der Waals surface area (Å²) in [6, 6.07) is 19.4. The van der Waals surface area contributed by atoms with Crippen molar-refractivity contribution < 1.29 is 9.59 Å². The topological polar surface area (TPSA) is 46.2 Å². The zero-order valence-corrected chi connectivity index (χ0v) is 15.4. The molecule has 3 aromatic rings. The maximum atomic E-state index is 13.0. The highest BCUT2D eigenvalue weighted by Crippen LogP contribution is 2.41. The summed E-state index contributed by atoms with van der Waals surface area (Å²) in [6.07, 6.45) is 0. The van der Waals surface area contributed by atoms with Gasteiger partial charge in [0.15, 0.2) is 5.78 Å². The van der Waals surface area contributed by atoms with Crippen molar-refractivity contribution in [2.45, 2.75) is 6.92 Å². The van der Waals surface area contributed by atoms with Crippen LogP contribution in [0.1, 0.15) is 22.8 Å². The molecule has 26 heavy (non-hydrogen) atoms. The number of hydrogen-bond donors (Lipinski definition) is 1. The molecule has 0 aliphatic heterocycles. The molecular formula is C21H15Cl2NO2. The van der Waals surface area contributed by atoms with Crippen molar-refractivity contribution in [2.24, 2.45) is 0 Å². The minimum atomic E-state index is -0.239. The highest BCUT2D eigenvalue weighted by atomic mass is 35.5. The van der Waals surface area contributed by atoms with Crippen LogP contribution in [0.25, 0.3) is 11.1 Å². The smallest absolute Gasteiger partial charge is 0.221 e. The summed E-state index contributed by atoms with van der Waals surface area (Å²) in [5.74, 6) is -0.373. The van der Waals surface area contributed by atoms with Gasteiger partial charge < -0.3 is 5.32 Å². The fraction of sp³-hybridized carbons (Fsp3) is 0.0476. The van der Waals surface area contributed by atoms with E-state index in [1.54, 1.807) is 42.5 Å². The third-order valence-corrected chi connectivity index (χ3v) is 4.69. The Kier molecular flexibility index (Phi) is 5.40. The largest absolute Gasteiger partial charge is 0.326 e. The number of nitrogens with one attached hydrogen (secondary N) is 1. The van der Waals surface area contributed by atoms with E-state index in [1.165, 1.54) is 6.92 Å². The van der Waals surface area contributed by atoms with Gasteiger partial charge in [0, 0.05) is 23.6 Å². The number of ketones is 1. The standard InChI is InChI=1S/C21H15Cl2NO2/c1-13(25)24-18-12-11-17(22)20(23)19(18)15-9-5-6-10-16(15)21(26)14-7-3-2-4-8-14/h2-12H,1H3,(H,24,25). The van der Waals surface area contributed by atoms with Gasteiger partial charge in [0.1, 0.15) is 0 Å². The molecule has 0 aliphatic rings. The van der Waals surface area contributed by atoms with E-state index >= 15 is 0 Å². The number of carbonyl (C=O) groups excluding carboxylic acids is 2. The minimum absolute atomic E-state index is 0.133. The Morgan fingerprint density at radius 3 is 2.19 bits per heavy atom. The van der Waals surface area contributed by atoms with E-state index in [9.17, 15) is 9.59 Å². The fourth-order valence-electron chi connectivity index (χ4n) is 2.75. The van der Waals surface area contributed by atoms with Crippen molar-refractivity contribution in [2.75, 3.05) is 5.32 Å². The summed E-state index contributed by atoms with van der Waals surface area (Å²) < 4.78 is 0.